The fraction of sp³-hybridized carbons (Fsp3) is 0.870. The van der Waals surface area contributed by atoms with Gasteiger partial charge in [0.15, 0.2) is 0 Å². The number of esters is 1. The average molecular weight is 353 g/mol. The van der Waals surface area contributed by atoms with Crippen molar-refractivity contribution in [3.05, 3.63) is 12.2 Å². The first-order valence-electron chi connectivity index (χ1n) is 11.0. The SMILES string of the molecule is CCCCCCCC/C=C\CCCCCCCC(=O)OCC(C)CC. The first-order valence-corrected chi connectivity index (χ1v) is 11.0. The van der Waals surface area contributed by atoms with Gasteiger partial charge >= 0.3 is 5.97 Å². The van der Waals surface area contributed by atoms with Gasteiger partial charge in [0.1, 0.15) is 0 Å². The van der Waals surface area contributed by atoms with Gasteiger partial charge in [-0.2, -0.15) is 0 Å². The molecule has 0 saturated carbocycles. The van der Waals surface area contributed by atoms with Gasteiger partial charge in [0.2, 0.25) is 0 Å². The standard InChI is InChI=1S/C23H44O2/c1-4-6-7-8-9-10-11-12-13-14-15-16-17-18-19-20-23(24)25-21-22(3)5-2/h12-13,22H,4-11,14-21H2,1-3H3/b13-12-. The van der Waals surface area contributed by atoms with Crippen molar-refractivity contribution in [1.82, 2.24) is 0 Å². The van der Waals surface area contributed by atoms with Crippen LogP contribution in [0.5, 0.6) is 0 Å². The fourth-order valence-electron chi connectivity index (χ4n) is 2.77. The van der Waals surface area contributed by atoms with E-state index in [1.165, 1.54) is 70.6 Å². The summed E-state index contributed by atoms with van der Waals surface area (Å²) in [5.41, 5.74) is 0. The molecular formula is C23H44O2. The van der Waals surface area contributed by atoms with E-state index in [1.54, 1.807) is 0 Å². The smallest absolute Gasteiger partial charge is 0.305 e. The minimum absolute atomic E-state index is 0.0158. The largest absolute Gasteiger partial charge is 0.465 e. The molecule has 0 amide bonds. The van der Waals surface area contributed by atoms with Crippen LogP contribution in [0.3, 0.4) is 0 Å². The number of unbranched alkanes of at least 4 members (excludes halogenated alkanes) is 11. The van der Waals surface area contributed by atoms with Gasteiger partial charge in [-0.1, -0.05) is 90.7 Å². The molecule has 0 bridgehead atoms. The lowest BCUT2D eigenvalue weighted by atomic mass is 10.1. The first-order chi connectivity index (χ1) is 12.2. The Morgan fingerprint density at radius 2 is 1.32 bits per heavy atom. The molecule has 0 N–H and O–H groups in total. The highest BCUT2D eigenvalue weighted by molar-refractivity contribution is 5.69. The highest BCUT2D eigenvalue weighted by Crippen LogP contribution is 2.10. The Balaban J connectivity index is 3.22. The van der Waals surface area contributed by atoms with E-state index in [1.807, 2.05) is 0 Å². The van der Waals surface area contributed by atoms with E-state index < -0.39 is 0 Å². The van der Waals surface area contributed by atoms with Crippen LogP contribution in [0.25, 0.3) is 0 Å². The zero-order chi connectivity index (χ0) is 18.6. The molecule has 0 fully saturated rings. The maximum absolute atomic E-state index is 11.6. The zero-order valence-electron chi connectivity index (χ0n) is 17.4. The lowest BCUT2D eigenvalue weighted by molar-refractivity contribution is -0.145. The van der Waals surface area contributed by atoms with Gasteiger partial charge in [-0.25, -0.2) is 0 Å². The molecule has 0 rings (SSSR count). The van der Waals surface area contributed by atoms with Crippen molar-refractivity contribution in [1.29, 1.82) is 0 Å². The normalized spacial score (nSPS) is 12.6. The number of hydrogen-bond acceptors (Lipinski definition) is 2. The van der Waals surface area contributed by atoms with Crippen LogP contribution in [0.4, 0.5) is 0 Å². The maximum Gasteiger partial charge on any atom is 0.305 e. The van der Waals surface area contributed by atoms with Crippen LogP contribution in [0.15, 0.2) is 12.2 Å². The van der Waals surface area contributed by atoms with E-state index in [0.717, 1.165) is 19.3 Å². The number of hydrogen-bond donors (Lipinski definition) is 0. The van der Waals surface area contributed by atoms with E-state index in [9.17, 15) is 4.79 Å². The van der Waals surface area contributed by atoms with Gasteiger partial charge in [-0.15, -0.1) is 0 Å². The Hall–Kier alpha value is -0.790. The zero-order valence-corrected chi connectivity index (χ0v) is 17.4. The van der Waals surface area contributed by atoms with Crippen LogP contribution in [0.2, 0.25) is 0 Å². The molecule has 0 aromatic rings. The summed E-state index contributed by atoms with van der Waals surface area (Å²) in [6.07, 6.45) is 23.1. The number of carbonyl (C=O) groups is 1. The monoisotopic (exact) mass is 352 g/mol. The first kappa shape index (κ1) is 24.2. The lowest BCUT2D eigenvalue weighted by Crippen LogP contribution is -2.11. The summed E-state index contributed by atoms with van der Waals surface area (Å²) in [6, 6.07) is 0. The van der Waals surface area contributed by atoms with Crippen molar-refractivity contribution in [2.45, 2.75) is 117 Å². The lowest BCUT2D eigenvalue weighted by Gasteiger charge is -2.09. The minimum Gasteiger partial charge on any atom is -0.465 e. The van der Waals surface area contributed by atoms with E-state index in [-0.39, 0.29) is 5.97 Å². The van der Waals surface area contributed by atoms with Crippen LogP contribution in [-0.4, -0.2) is 12.6 Å². The third-order valence-electron chi connectivity index (χ3n) is 4.87. The number of allylic oxidation sites excluding steroid dienone is 2. The number of carbonyl (C=O) groups excluding carboxylic acids is 1. The maximum atomic E-state index is 11.6. The van der Waals surface area contributed by atoms with Gasteiger partial charge < -0.3 is 4.74 Å². The second-order valence-corrected chi connectivity index (χ2v) is 7.53. The van der Waals surface area contributed by atoms with Crippen molar-refractivity contribution in [3.63, 3.8) is 0 Å². The van der Waals surface area contributed by atoms with Gasteiger partial charge in [0.25, 0.3) is 0 Å². The van der Waals surface area contributed by atoms with E-state index >= 15 is 0 Å². The van der Waals surface area contributed by atoms with Crippen molar-refractivity contribution in [2.24, 2.45) is 5.92 Å². The van der Waals surface area contributed by atoms with Gasteiger partial charge in [-0.05, 0) is 38.0 Å². The highest BCUT2D eigenvalue weighted by atomic mass is 16.5. The predicted octanol–water partition coefficient (Wildman–Crippen LogP) is 7.61. The van der Waals surface area contributed by atoms with Crippen molar-refractivity contribution >= 4 is 5.97 Å². The van der Waals surface area contributed by atoms with Crippen LogP contribution in [0, 0.1) is 5.92 Å². The van der Waals surface area contributed by atoms with Crippen LogP contribution >= 0.6 is 0 Å². The van der Waals surface area contributed by atoms with Crippen molar-refractivity contribution in [2.75, 3.05) is 6.61 Å². The molecule has 0 aromatic carbocycles. The quantitative estimate of drug-likeness (QED) is 0.144. The van der Waals surface area contributed by atoms with Crippen LogP contribution in [-0.2, 0) is 9.53 Å². The molecule has 1 atom stereocenters. The second kappa shape index (κ2) is 19.5. The summed E-state index contributed by atoms with van der Waals surface area (Å²) >= 11 is 0. The Bertz CT molecular complexity index is 309. The van der Waals surface area contributed by atoms with Gasteiger partial charge in [0, 0.05) is 6.42 Å². The summed E-state index contributed by atoms with van der Waals surface area (Å²) in [5, 5.41) is 0. The molecule has 1 unspecified atom stereocenters. The molecule has 25 heavy (non-hydrogen) atoms. The second-order valence-electron chi connectivity index (χ2n) is 7.53. The number of rotatable bonds is 18. The fourth-order valence-corrected chi connectivity index (χ4v) is 2.77. The molecule has 0 heterocycles. The highest BCUT2D eigenvalue weighted by Gasteiger charge is 2.05. The number of ether oxygens (including phenoxy) is 1. The summed E-state index contributed by atoms with van der Waals surface area (Å²) in [5.74, 6) is 0.469. The third kappa shape index (κ3) is 19.4. The molecule has 0 spiro atoms. The van der Waals surface area contributed by atoms with Crippen molar-refractivity contribution in [3.8, 4) is 0 Å². The van der Waals surface area contributed by atoms with Crippen LogP contribution in [0.1, 0.15) is 117 Å². The predicted molar refractivity (Wildman–Crippen MR) is 110 cm³/mol. The molecule has 0 aliphatic heterocycles. The molecular weight excluding hydrogens is 308 g/mol. The Morgan fingerprint density at radius 3 is 1.88 bits per heavy atom. The summed E-state index contributed by atoms with van der Waals surface area (Å²) in [4.78, 5) is 11.6. The van der Waals surface area contributed by atoms with E-state index in [4.69, 9.17) is 4.74 Å². The van der Waals surface area contributed by atoms with Gasteiger partial charge in [-0.3, -0.25) is 4.79 Å². The van der Waals surface area contributed by atoms with E-state index in [2.05, 4.69) is 32.9 Å². The molecule has 0 aliphatic carbocycles. The molecule has 0 radical (unpaired) electrons. The third-order valence-corrected chi connectivity index (χ3v) is 4.87. The summed E-state index contributed by atoms with van der Waals surface area (Å²) in [7, 11) is 0. The average Bonchev–Trinajstić information content (AvgIpc) is 2.62. The molecule has 0 aliphatic rings. The summed E-state index contributed by atoms with van der Waals surface area (Å²) < 4.78 is 5.27. The Morgan fingerprint density at radius 1 is 0.800 bits per heavy atom. The Kier molecular flexibility index (Phi) is 18.9. The molecule has 2 heteroatoms. The molecule has 0 saturated heterocycles. The van der Waals surface area contributed by atoms with Crippen LogP contribution < -0.4 is 0 Å². The van der Waals surface area contributed by atoms with Crippen molar-refractivity contribution < 1.29 is 9.53 Å². The van der Waals surface area contributed by atoms with Gasteiger partial charge in [0.05, 0.1) is 6.61 Å². The molecule has 148 valence electrons. The Labute approximate surface area is 157 Å². The topological polar surface area (TPSA) is 26.3 Å². The van der Waals surface area contributed by atoms with E-state index in [0.29, 0.717) is 18.9 Å². The molecule has 0 aromatic heterocycles. The summed E-state index contributed by atoms with van der Waals surface area (Å²) in [6.45, 7) is 7.10. The molecule has 2 nitrogen and oxygen atoms in total. The minimum atomic E-state index is -0.0158.